The number of aromatic nitrogens is 3. The summed E-state index contributed by atoms with van der Waals surface area (Å²) in [6.45, 7) is 4.09. The molecule has 0 atom stereocenters. The maximum atomic E-state index is 12.5. The zero-order chi connectivity index (χ0) is 18.8. The number of thiophene rings is 1. The Bertz CT molecular complexity index is 1070. The van der Waals surface area contributed by atoms with Crippen molar-refractivity contribution in [1.82, 2.24) is 15.0 Å². The highest BCUT2D eigenvalue weighted by Crippen LogP contribution is 2.33. The number of thiazole rings is 1. The van der Waals surface area contributed by atoms with Crippen molar-refractivity contribution >= 4 is 44.0 Å². The van der Waals surface area contributed by atoms with Crippen LogP contribution in [-0.2, 0) is 24.2 Å². The van der Waals surface area contributed by atoms with Crippen LogP contribution in [-0.4, -0.2) is 27.5 Å². The summed E-state index contributed by atoms with van der Waals surface area (Å²) in [7, 11) is 0. The van der Waals surface area contributed by atoms with Crippen molar-refractivity contribution in [2.24, 2.45) is 0 Å². The van der Waals surface area contributed by atoms with Gasteiger partial charge in [0.15, 0.2) is 10.8 Å². The number of esters is 1. The smallest absolute Gasteiger partial charge is 0.358 e. The van der Waals surface area contributed by atoms with Crippen LogP contribution in [0.5, 0.6) is 0 Å². The second-order valence-electron chi connectivity index (χ2n) is 6.19. The fourth-order valence-electron chi connectivity index (χ4n) is 3.09. The molecule has 0 saturated heterocycles. The van der Waals surface area contributed by atoms with E-state index < -0.39 is 5.97 Å². The van der Waals surface area contributed by atoms with Crippen LogP contribution >= 0.6 is 22.7 Å². The average Bonchev–Trinajstić information content (AvgIpc) is 3.28. The van der Waals surface area contributed by atoms with Crippen LogP contribution in [0.25, 0.3) is 10.2 Å². The van der Waals surface area contributed by atoms with Crippen molar-refractivity contribution in [3.8, 4) is 0 Å². The second-order valence-corrected chi connectivity index (χ2v) is 8.13. The van der Waals surface area contributed by atoms with Crippen molar-refractivity contribution in [2.75, 3.05) is 11.9 Å². The molecule has 0 amide bonds. The molecule has 3 aromatic heterocycles. The van der Waals surface area contributed by atoms with Gasteiger partial charge < -0.3 is 15.0 Å². The molecule has 0 aliphatic heterocycles. The van der Waals surface area contributed by atoms with Gasteiger partial charge in [0, 0.05) is 16.8 Å². The summed E-state index contributed by atoms with van der Waals surface area (Å²) >= 11 is 2.89. The molecule has 0 spiro atoms. The van der Waals surface area contributed by atoms with Gasteiger partial charge in [-0.1, -0.05) is 6.08 Å². The first-order chi connectivity index (χ1) is 13.2. The Morgan fingerprint density at radius 3 is 3.07 bits per heavy atom. The largest absolute Gasteiger partial charge is 0.453 e. The number of aromatic amines is 1. The molecule has 3 heterocycles. The van der Waals surface area contributed by atoms with Crippen LogP contribution in [0.2, 0.25) is 0 Å². The molecule has 140 valence electrons. The first-order valence-corrected chi connectivity index (χ1v) is 10.4. The average molecular weight is 403 g/mol. The lowest BCUT2D eigenvalue weighted by Gasteiger charge is -2.09. The van der Waals surface area contributed by atoms with Gasteiger partial charge in [-0.15, -0.1) is 29.3 Å². The number of rotatable bonds is 6. The molecule has 0 bridgehead atoms. The first-order valence-electron chi connectivity index (χ1n) is 8.66. The van der Waals surface area contributed by atoms with Gasteiger partial charge in [0.2, 0.25) is 0 Å². The van der Waals surface area contributed by atoms with Gasteiger partial charge in [-0.2, -0.15) is 0 Å². The van der Waals surface area contributed by atoms with Gasteiger partial charge in [-0.25, -0.2) is 14.8 Å². The fraction of sp³-hybridized carbons (Fsp3) is 0.333. The molecule has 0 saturated carbocycles. The first kappa shape index (κ1) is 17.9. The van der Waals surface area contributed by atoms with Gasteiger partial charge in [-0.05, 0) is 31.2 Å². The molecule has 9 heteroatoms. The van der Waals surface area contributed by atoms with E-state index in [2.05, 4.69) is 26.8 Å². The maximum absolute atomic E-state index is 12.5. The van der Waals surface area contributed by atoms with Crippen LogP contribution in [0, 0.1) is 0 Å². The number of nitrogens with zero attached hydrogens (tertiary/aromatic N) is 2. The highest BCUT2D eigenvalue weighted by atomic mass is 32.1. The van der Waals surface area contributed by atoms with Crippen molar-refractivity contribution in [1.29, 1.82) is 0 Å². The van der Waals surface area contributed by atoms with Gasteiger partial charge in [0.25, 0.3) is 5.56 Å². The molecule has 0 radical (unpaired) electrons. The van der Waals surface area contributed by atoms with E-state index in [1.54, 1.807) is 22.8 Å². The normalized spacial score (nSPS) is 13.3. The quantitative estimate of drug-likeness (QED) is 0.485. The van der Waals surface area contributed by atoms with Gasteiger partial charge in [-0.3, -0.25) is 4.79 Å². The highest BCUT2D eigenvalue weighted by Gasteiger charge is 2.20. The molecule has 0 fully saturated rings. The lowest BCUT2D eigenvalue weighted by molar-refractivity contribution is 0.0456. The molecule has 2 N–H and O–H groups in total. The van der Waals surface area contributed by atoms with Crippen LogP contribution in [0.1, 0.15) is 39.6 Å². The Kier molecular flexibility index (Phi) is 5.04. The Morgan fingerprint density at radius 1 is 1.37 bits per heavy atom. The number of fused-ring (bicyclic) bond motifs is 3. The summed E-state index contributed by atoms with van der Waals surface area (Å²) in [5.41, 5.74) is 1.21. The minimum Gasteiger partial charge on any atom is -0.453 e. The van der Waals surface area contributed by atoms with E-state index in [0.29, 0.717) is 22.9 Å². The number of aryl methyl sites for hydroxylation is 2. The zero-order valence-corrected chi connectivity index (χ0v) is 16.2. The third-order valence-corrected chi connectivity index (χ3v) is 6.31. The Labute approximate surface area is 163 Å². The molecule has 1 aliphatic rings. The van der Waals surface area contributed by atoms with Crippen LogP contribution in [0.15, 0.2) is 22.8 Å². The van der Waals surface area contributed by atoms with Crippen LogP contribution in [0.3, 0.4) is 0 Å². The summed E-state index contributed by atoms with van der Waals surface area (Å²) in [6, 6.07) is 0. The van der Waals surface area contributed by atoms with E-state index >= 15 is 0 Å². The molecular formula is C18H18N4O3S2. The van der Waals surface area contributed by atoms with E-state index in [0.717, 1.165) is 36.1 Å². The van der Waals surface area contributed by atoms with E-state index in [4.69, 9.17) is 4.74 Å². The molecule has 7 nitrogen and oxygen atoms in total. The minimum atomic E-state index is -0.550. The number of carbonyl (C=O) groups is 1. The molecule has 27 heavy (non-hydrogen) atoms. The number of ether oxygens (including phenoxy) is 1. The number of hydrogen-bond acceptors (Lipinski definition) is 8. The molecule has 0 aromatic carbocycles. The van der Waals surface area contributed by atoms with E-state index in [1.807, 2.05) is 0 Å². The fourth-order valence-corrected chi connectivity index (χ4v) is 5.06. The topological polar surface area (TPSA) is 97.0 Å². The monoisotopic (exact) mass is 402 g/mol. The summed E-state index contributed by atoms with van der Waals surface area (Å²) in [5.74, 6) is -0.203. The van der Waals surface area contributed by atoms with Crippen molar-refractivity contribution in [2.45, 2.75) is 32.3 Å². The maximum Gasteiger partial charge on any atom is 0.358 e. The molecular weight excluding hydrogens is 384 g/mol. The summed E-state index contributed by atoms with van der Waals surface area (Å²) in [6.07, 6.45) is 5.90. The SMILES string of the molecule is C=CCNc1nc(C(=O)OCc2nc3sc4c(c3c(=O)[nH]2)CCCC4)cs1. The molecule has 4 rings (SSSR count). The molecule has 1 aliphatic carbocycles. The standard InChI is InChI=1S/C18H18N4O3S2/c1-2-7-19-18-20-11(9-26-18)17(24)25-8-13-21-15(23)14-10-5-3-4-6-12(10)27-16(14)22-13/h2,9H,1,3-8H2,(H,19,20)(H,21,22,23). The van der Waals surface area contributed by atoms with Gasteiger partial charge in [0.05, 0.1) is 5.39 Å². The third-order valence-electron chi connectivity index (χ3n) is 4.33. The van der Waals surface area contributed by atoms with Crippen molar-refractivity contribution in [3.63, 3.8) is 0 Å². The summed E-state index contributed by atoms with van der Waals surface area (Å²) in [4.78, 5) is 38.1. The van der Waals surface area contributed by atoms with Gasteiger partial charge in [0.1, 0.15) is 17.3 Å². The number of nitrogens with one attached hydrogen (secondary N) is 2. The number of H-pyrrole nitrogens is 1. The van der Waals surface area contributed by atoms with Crippen molar-refractivity contribution in [3.05, 3.63) is 50.3 Å². The summed E-state index contributed by atoms with van der Waals surface area (Å²) < 4.78 is 5.27. The van der Waals surface area contributed by atoms with Crippen LogP contribution < -0.4 is 10.9 Å². The highest BCUT2D eigenvalue weighted by molar-refractivity contribution is 7.18. The van der Waals surface area contributed by atoms with E-state index in [-0.39, 0.29) is 17.9 Å². The summed E-state index contributed by atoms with van der Waals surface area (Å²) in [5, 5.41) is 5.96. The number of hydrogen-bond donors (Lipinski definition) is 2. The lowest BCUT2D eigenvalue weighted by Crippen LogP contribution is -2.15. The Hall–Kier alpha value is -2.52. The minimum absolute atomic E-state index is 0.0977. The van der Waals surface area contributed by atoms with E-state index in [9.17, 15) is 9.59 Å². The number of carbonyl (C=O) groups excluding carboxylic acids is 1. The molecule has 3 aromatic rings. The third kappa shape index (κ3) is 3.65. The van der Waals surface area contributed by atoms with E-state index in [1.165, 1.54) is 16.2 Å². The second kappa shape index (κ2) is 7.61. The Morgan fingerprint density at radius 2 is 2.22 bits per heavy atom. The number of anilines is 1. The predicted molar refractivity (Wildman–Crippen MR) is 107 cm³/mol. The lowest BCUT2D eigenvalue weighted by atomic mass is 9.97. The zero-order valence-electron chi connectivity index (χ0n) is 14.5. The molecule has 0 unspecified atom stereocenters. The van der Waals surface area contributed by atoms with Crippen molar-refractivity contribution < 1.29 is 9.53 Å². The van der Waals surface area contributed by atoms with Crippen LogP contribution in [0.4, 0.5) is 5.13 Å². The Balaban J connectivity index is 1.48. The van der Waals surface area contributed by atoms with Gasteiger partial charge >= 0.3 is 5.97 Å². The predicted octanol–water partition coefficient (Wildman–Crippen LogP) is 3.27.